The van der Waals surface area contributed by atoms with Gasteiger partial charge in [-0.15, -0.1) is 11.3 Å². The molecule has 2 rings (SSSR count). The Morgan fingerprint density at radius 1 is 1.08 bits per heavy atom. The molecule has 0 saturated heterocycles. The molecule has 1 atom stereocenters. The second-order valence-electron chi connectivity index (χ2n) is 6.50. The predicted molar refractivity (Wildman–Crippen MR) is 118 cm³/mol. The molecular weight excluding hydrogens is 562 g/mol. The molecule has 1 unspecified atom stereocenters. The van der Waals surface area contributed by atoms with Gasteiger partial charge in [-0.05, 0) is 17.5 Å². The Labute approximate surface area is 215 Å². The number of carboxylic acids is 2. The average molecular weight is 583 g/mol. The number of halogens is 7. The van der Waals surface area contributed by atoms with Crippen LogP contribution in [0.4, 0.5) is 26.3 Å². The fourth-order valence-electron chi connectivity index (χ4n) is 1.98. The minimum atomic E-state index is -5.08. The minimum Gasteiger partial charge on any atom is -0.475 e. The molecule has 0 aromatic carbocycles. The number of carbonyl (C=O) groups excluding carboxylic acids is 1. The molecule has 2 aromatic heterocycles. The second-order valence-corrected chi connectivity index (χ2v) is 7.84. The predicted octanol–water partition coefficient (Wildman–Crippen LogP) is 4.27. The number of hydrogen-bond donors (Lipinski definition) is 2. The number of aliphatic carboxylic acids is 2. The monoisotopic (exact) mass is 582 g/mol. The van der Waals surface area contributed by atoms with Crippen molar-refractivity contribution in [2.45, 2.75) is 18.5 Å². The molecule has 37 heavy (non-hydrogen) atoms. The highest BCUT2D eigenvalue weighted by Crippen LogP contribution is 2.32. The van der Waals surface area contributed by atoms with Gasteiger partial charge in [-0.2, -0.15) is 26.3 Å². The number of nitrogens with zero attached hydrogens (tertiary/aromatic N) is 2. The standard InChI is InChI=1S/C16H19ClN2O3S.2C2HF3O2/c1-19(8-9-21-2)14(20)11-22-15(13-6-4-10-23-13)12-5-3-7-18-16(12)17;2*3-2(4,5)1(6)7/h3-7,10,15H,8-9,11H2,1-2H3;2*(H,6,7). The topological polar surface area (TPSA) is 126 Å². The molecule has 2 heterocycles. The van der Waals surface area contributed by atoms with Crippen LogP contribution in [-0.2, 0) is 23.9 Å². The molecule has 2 N–H and O–H groups in total. The molecule has 208 valence electrons. The molecule has 2 aromatic rings. The van der Waals surface area contributed by atoms with Gasteiger partial charge in [0.15, 0.2) is 0 Å². The lowest BCUT2D eigenvalue weighted by molar-refractivity contribution is -0.193. The molecule has 0 spiro atoms. The summed E-state index contributed by atoms with van der Waals surface area (Å²) in [4.78, 5) is 36.6. The number of carboxylic acid groups (broad SMARTS) is 2. The van der Waals surface area contributed by atoms with Crippen molar-refractivity contribution in [1.29, 1.82) is 0 Å². The summed E-state index contributed by atoms with van der Waals surface area (Å²) in [7, 11) is 3.33. The van der Waals surface area contributed by atoms with Gasteiger partial charge in [-0.3, -0.25) is 4.79 Å². The maximum atomic E-state index is 12.1. The van der Waals surface area contributed by atoms with Crippen molar-refractivity contribution < 1.29 is 60.4 Å². The second kappa shape index (κ2) is 16.0. The maximum absolute atomic E-state index is 12.1. The highest BCUT2D eigenvalue weighted by Gasteiger charge is 2.38. The first kappa shape index (κ1) is 34.0. The lowest BCUT2D eigenvalue weighted by atomic mass is 10.1. The van der Waals surface area contributed by atoms with Gasteiger partial charge in [0, 0.05) is 37.3 Å². The quantitative estimate of drug-likeness (QED) is 0.349. The Morgan fingerprint density at radius 2 is 1.62 bits per heavy atom. The van der Waals surface area contributed by atoms with Crippen LogP contribution < -0.4 is 0 Å². The first-order valence-corrected chi connectivity index (χ1v) is 10.9. The molecule has 0 bridgehead atoms. The lowest BCUT2D eigenvalue weighted by Crippen LogP contribution is -2.33. The fourth-order valence-corrected chi connectivity index (χ4v) is 2.99. The van der Waals surface area contributed by atoms with Crippen LogP contribution in [-0.4, -0.2) is 84.2 Å². The van der Waals surface area contributed by atoms with Crippen LogP contribution in [0.1, 0.15) is 16.5 Å². The molecule has 0 fully saturated rings. The smallest absolute Gasteiger partial charge is 0.475 e. The van der Waals surface area contributed by atoms with Gasteiger partial charge in [-0.25, -0.2) is 14.6 Å². The number of hydrogen-bond acceptors (Lipinski definition) is 7. The van der Waals surface area contributed by atoms with E-state index in [0.717, 1.165) is 10.4 Å². The van der Waals surface area contributed by atoms with E-state index in [1.807, 2.05) is 23.6 Å². The zero-order chi connectivity index (χ0) is 28.8. The van der Waals surface area contributed by atoms with Crippen LogP contribution in [0.15, 0.2) is 35.8 Å². The number of pyridine rings is 1. The summed E-state index contributed by atoms with van der Waals surface area (Å²) in [5, 5.41) is 16.6. The lowest BCUT2D eigenvalue weighted by Gasteiger charge is -2.21. The average Bonchev–Trinajstić information content (AvgIpc) is 3.32. The van der Waals surface area contributed by atoms with E-state index in [4.69, 9.17) is 40.9 Å². The van der Waals surface area contributed by atoms with E-state index in [1.54, 1.807) is 42.7 Å². The van der Waals surface area contributed by atoms with Crippen molar-refractivity contribution in [2.24, 2.45) is 0 Å². The summed E-state index contributed by atoms with van der Waals surface area (Å²) in [5.74, 6) is -5.62. The molecular formula is C20H21ClF6N2O7S. The Morgan fingerprint density at radius 3 is 2.03 bits per heavy atom. The largest absolute Gasteiger partial charge is 0.490 e. The van der Waals surface area contributed by atoms with Crippen molar-refractivity contribution in [3.63, 3.8) is 0 Å². The van der Waals surface area contributed by atoms with E-state index in [0.29, 0.717) is 18.3 Å². The number of likely N-dealkylation sites (N-methyl/N-ethyl adjacent to an activating group) is 1. The highest BCUT2D eigenvalue weighted by atomic mass is 35.5. The van der Waals surface area contributed by atoms with Crippen molar-refractivity contribution in [3.05, 3.63) is 51.4 Å². The summed E-state index contributed by atoms with van der Waals surface area (Å²) in [6.07, 6.45) is -8.95. The van der Waals surface area contributed by atoms with Crippen LogP contribution in [0, 0.1) is 0 Å². The third kappa shape index (κ3) is 13.8. The molecule has 0 aliphatic heterocycles. The molecule has 9 nitrogen and oxygen atoms in total. The summed E-state index contributed by atoms with van der Waals surface area (Å²) in [6.45, 7) is 0.981. The molecule has 1 amide bonds. The van der Waals surface area contributed by atoms with Crippen LogP contribution >= 0.6 is 22.9 Å². The van der Waals surface area contributed by atoms with Gasteiger partial charge < -0.3 is 24.6 Å². The summed E-state index contributed by atoms with van der Waals surface area (Å²) >= 11 is 7.74. The van der Waals surface area contributed by atoms with E-state index in [-0.39, 0.29) is 12.5 Å². The van der Waals surface area contributed by atoms with E-state index < -0.39 is 30.4 Å². The van der Waals surface area contributed by atoms with Gasteiger partial charge in [0.1, 0.15) is 17.9 Å². The Kier molecular flexibility index (Phi) is 14.7. The van der Waals surface area contributed by atoms with Gasteiger partial charge in [0.25, 0.3) is 0 Å². The Balaban J connectivity index is 0.000000761. The summed E-state index contributed by atoms with van der Waals surface area (Å²) in [5.41, 5.74) is 0.754. The zero-order valence-corrected chi connectivity index (χ0v) is 20.6. The third-order valence-corrected chi connectivity index (χ3v) is 5.02. The zero-order valence-electron chi connectivity index (χ0n) is 19.0. The number of amides is 1. The minimum absolute atomic E-state index is 0.0337. The van der Waals surface area contributed by atoms with Crippen molar-refractivity contribution >= 4 is 40.8 Å². The SMILES string of the molecule is COCCN(C)C(=O)COC(c1cccs1)c1cccnc1Cl.O=C(O)C(F)(F)F.O=C(O)C(F)(F)F. The van der Waals surface area contributed by atoms with E-state index >= 15 is 0 Å². The number of rotatable bonds is 8. The van der Waals surface area contributed by atoms with Crippen molar-refractivity contribution in [1.82, 2.24) is 9.88 Å². The van der Waals surface area contributed by atoms with Crippen LogP contribution in [0.25, 0.3) is 0 Å². The summed E-state index contributed by atoms with van der Waals surface area (Å²) < 4.78 is 74.3. The molecule has 0 aliphatic rings. The van der Waals surface area contributed by atoms with E-state index in [2.05, 4.69) is 4.98 Å². The molecule has 0 saturated carbocycles. The number of thiophene rings is 1. The number of carbonyl (C=O) groups is 3. The first-order valence-electron chi connectivity index (χ1n) is 9.60. The van der Waals surface area contributed by atoms with Crippen LogP contribution in [0.2, 0.25) is 5.15 Å². The number of ether oxygens (including phenoxy) is 2. The van der Waals surface area contributed by atoms with Crippen molar-refractivity contribution in [3.8, 4) is 0 Å². The maximum Gasteiger partial charge on any atom is 0.490 e. The first-order chi connectivity index (χ1) is 17.0. The van der Waals surface area contributed by atoms with Crippen LogP contribution in [0.3, 0.4) is 0 Å². The van der Waals surface area contributed by atoms with E-state index in [1.165, 1.54) is 0 Å². The van der Waals surface area contributed by atoms with Gasteiger partial charge in [0.05, 0.1) is 6.61 Å². The number of aromatic nitrogens is 1. The van der Waals surface area contributed by atoms with Gasteiger partial charge in [0.2, 0.25) is 5.91 Å². The number of methoxy groups -OCH3 is 1. The normalized spacial score (nSPS) is 11.8. The van der Waals surface area contributed by atoms with Crippen molar-refractivity contribution in [2.75, 3.05) is 33.9 Å². The molecule has 0 radical (unpaired) electrons. The third-order valence-electron chi connectivity index (χ3n) is 3.79. The van der Waals surface area contributed by atoms with Gasteiger partial charge >= 0.3 is 24.3 Å². The highest BCUT2D eigenvalue weighted by molar-refractivity contribution is 7.10. The fraction of sp³-hybridized carbons (Fsp3) is 0.400. The summed E-state index contributed by atoms with van der Waals surface area (Å²) in [6, 6.07) is 7.56. The molecule has 17 heteroatoms. The molecule has 0 aliphatic carbocycles. The Bertz CT molecular complexity index is 966. The van der Waals surface area contributed by atoms with Crippen LogP contribution in [0.5, 0.6) is 0 Å². The number of alkyl halides is 6. The Hall–Kier alpha value is -2.95. The van der Waals surface area contributed by atoms with Gasteiger partial charge in [-0.1, -0.05) is 23.7 Å². The van der Waals surface area contributed by atoms with E-state index in [9.17, 15) is 31.1 Å².